The van der Waals surface area contributed by atoms with Crippen LogP contribution >= 0.6 is 0 Å². The summed E-state index contributed by atoms with van der Waals surface area (Å²) in [5.74, 6) is -0.672. The number of aliphatic hydroxyl groups is 6. The fourth-order valence-corrected chi connectivity index (χ4v) is 1.51. The molecule has 0 aliphatic heterocycles. The van der Waals surface area contributed by atoms with Gasteiger partial charge in [0.25, 0.3) is 0 Å². The van der Waals surface area contributed by atoms with E-state index < -0.39 is 37.6 Å². The van der Waals surface area contributed by atoms with Crippen molar-refractivity contribution in [3.63, 3.8) is 0 Å². The Kier molecular flexibility index (Phi) is 16.9. The van der Waals surface area contributed by atoms with Crippen LogP contribution in [-0.2, 0) is 19.1 Å². The van der Waals surface area contributed by atoms with Crippen LogP contribution in [0.25, 0.3) is 0 Å². The average Bonchev–Trinajstić information content (AvgIpc) is 2.63. The van der Waals surface area contributed by atoms with E-state index in [1.165, 1.54) is 0 Å². The van der Waals surface area contributed by atoms with Crippen LogP contribution in [0.3, 0.4) is 0 Å². The molecule has 0 saturated carbocycles. The van der Waals surface area contributed by atoms with E-state index in [1.807, 2.05) is 0 Å². The molecular formula is C16H28O10. The van der Waals surface area contributed by atoms with Crippen LogP contribution in [0.5, 0.6) is 0 Å². The molecular weight excluding hydrogens is 352 g/mol. The van der Waals surface area contributed by atoms with Crippen molar-refractivity contribution >= 4 is 11.9 Å². The highest BCUT2D eigenvalue weighted by atomic mass is 16.5. The summed E-state index contributed by atoms with van der Waals surface area (Å²) < 4.78 is 8.98. The summed E-state index contributed by atoms with van der Waals surface area (Å²) in [4.78, 5) is 21.6. The Hall–Kier alpha value is -1.82. The van der Waals surface area contributed by atoms with Crippen LogP contribution in [0.4, 0.5) is 0 Å². The lowest BCUT2D eigenvalue weighted by molar-refractivity contribution is -0.140. The SMILES string of the molecule is C=COC(=O)CCCCC(=O)OC=C.OCC(O)C(O)C(O)C(O)CO. The first-order chi connectivity index (χ1) is 12.2. The zero-order valence-corrected chi connectivity index (χ0v) is 14.4. The van der Waals surface area contributed by atoms with E-state index in [9.17, 15) is 9.59 Å². The number of esters is 2. The van der Waals surface area contributed by atoms with Crippen molar-refractivity contribution in [1.29, 1.82) is 0 Å². The van der Waals surface area contributed by atoms with Crippen molar-refractivity contribution in [3.8, 4) is 0 Å². The number of carbonyl (C=O) groups is 2. The van der Waals surface area contributed by atoms with Gasteiger partial charge in [0.1, 0.15) is 24.4 Å². The summed E-state index contributed by atoms with van der Waals surface area (Å²) in [7, 11) is 0. The lowest BCUT2D eigenvalue weighted by atomic mass is 10.0. The van der Waals surface area contributed by atoms with Gasteiger partial charge in [-0.15, -0.1) is 0 Å². The van der Waals surface area contributed by atoms with Crippen LogP contribution in [0.1, 0.15) is 25.7 Å². The van der Waals surface area contributed by atoms with Crippen molar-refractivity contribution in [2.75, 3.05) is 13.2 Å². The molecule has 0 rings (SSSR count). The Bertz CT molecular complexity index is 374. The first-order valence-corrected chi connectivity index (χ1v) is 7.79. The highest BCUT2D eigenvalue weighted by Gasteiger charge is 2.29. The van der Waals surface area contributed by atoms with Crippen LogP contribution in [0.15, 0.2) is 25.7 Å². The van der Waals surface area contributed by atoms with E-state index in [-0.39, 0.29) is 24.8 Å². The molecule has 4 unspecified atom stereocenters. The fraction of sp³-hybridized carbons (Fsp3) is 0.625. The standard InChI is InChI=1S/C10H14O4.C6H14O6/c1-3-13-9(11)7-5-6-8-10(12)14-4-2;7-1-3(9)5(11)6(12)4(10)2-8/h3-4H,1-2,5-8H2;3-12H,1-2H2. The van der Waals surface area contributed by atoms with Gasteiger partial charge in [0.05, 0.1) is 25.7 Å². The maximum absolute atomic E-state index is 10.8. The van der Waals surface area contributed by atoms with Gasteiger partial charge in [-0.3, -0.25) is 9.59 Å². The molecule has 0 aliphatic carbocycles. The summed E-state index contributed by atoms with van der Waals surface area (Å²) in [6.45, 7) is 5.05. The van der Waals surface area contributed by atoms with Gasteiger partial charge in [0, 0.05) is 12.8 Å². The van der Waals surface area contributed by atoms with Gasteiger partial charge in [-0.05, 0) is 12.8 Å². The second-order valence-electron chi connectivity index (χ2n) is 5.00. The van der Waals surface area contributed by atoms with Crippen molar-refractivity contribution in [2.45, 2.75) is 50.1 Å². The molecule has 0 aromatic rings. The van der Waals surface area contributed by atoms with E-state index in [2.05, 4.69) is 22.6 Å². The molecule has 0 heterocycles. The lowest BCUT2D eigenvalue weighted by Gasteiger charge is -2.24. The molecule has 6 N–H and O–H groups in total. The molecule has 4 atom stereocenters. The Balaban J connectivity index is 0. The van der Waals surface area contributed by atoms with Crippen molar-refractivity contribution in [2.24, 2.45) is 0 Å². The highest BCUT2D eigenvalue weighted by Crippen LogP contribution is 2.04. The second-order valence-corrected chi connectivity index (χ2v) is 5.00. The summed E-state index contributed by atoms with van der Waals surface area (Å²) in [5, 5.41) is 52.2. The molecule has 0 aromatic heterocycles. The number of hydrogen-bond acceptors (Lipinski definition) is 10. The zero-order chi connectivity index (χ0) is 20.5. The Labute approximate surface area is 151 Å². The van der Waals surface area contributed by atoms with E-state index >= 15 is 0 Å². The van der Waals surface area contributed by atoms with E-state index in [0.29, 0.717) is 12.8 Å². The molecule has 0 bridgehead atoms. The normalized spacial score (nSPS) is 14.7. The molecule has 0 aromatic carbocycles. The summed E-state index contributed by atoms with van der Waals surface area (Å²) >= 11 is 0. The van der Waals surface area contributed by atoms with Crippen LogP contribution < -0.4 is 0 Å². The third-order valence-corrected chi connectivity index (χ3v) is 2.95. The lowest BCUT2D eigenvalue weighted by Crippen LogP contribution is -2.46. The van der Waals surface area contributed by atoms with Crippen LogP contribution in [0, 0.1) is 0 Å². The molecule has 0 spiro atoms. The van der Waals surface area contributed by atoms with Crippen molar-refractivity contribution < 1.29 is 49.7 Å². The number of carbonyl (C=O) groups excluding carboxylic acids is 2. The second kappa shape index (κ2) is 16.6. The Morgan fingerprint density at radius 3 is 1.31 bits per heavy atom. The first-order valence-electron chi connectivity index (χ1n) is 7.79. The van der Waals surface area contributed by atoms with Gasteiger partial charge in [-0.1, -0.05) is 13.2 Å². The van der Waals surface area contributed by atoms with E-state index in [1.54, 1.807) is 0 Å². The van der Waals surface area contributed by atoms with E-state index in [0.717, 1.165) is 12.5 Å². The molecule has 0 amide bonds. The average molecular weight is 380 g/mol. The highest BCUT2D eigenvalue weighted by molar-refractivity contribution is 5.71. The van der Waals surface area contributed by atoms with E-state index in [4.69, 9.17) is 30.6 Å². The topological polar surface area (TPSA) is 174 Å². The van der Waals surface area contributed by atoms with Crippen molar-refractivity contribution in [3.05, 3.63) is 25.7 Å². The fourth-order valence-electron chi connectivity index (χ4n) is 1.51. The zero-order valence-electron chi connectivity index (χ0n) is 14.4. The monoisotopic (exact) mass is 380 g/mol. The number of ether oxygens (including phenoxy) is 2. The number of rotatable bonds is 12. The smallest absolute Gasteiger partial charge is 0.310 e. The predicted octanol–water partition coefficient (Wildman–Crippen LogP) is -1.67. The summed E-state index contributed by atoms with van der Waals surface area (Å²) in [6, 6.07) is 0. The maximum atomic E-state index is 10.8. The molecule has 10 heteroatoms. The minimum Gasteiger partial charge on any atom is -0.435 e. The first kappa shape index (κ1) is 26.4. The molecule has 0 saturated heterocycles. The summed E-state index contributed by atoms with van der Waals surface area (Å²) in [5.41, 5.74) is 0. The van der Waals surface area contributed by atoms with Gasteiger partial charge in [0.2, 0.25) is 0 Å². The summed E-state index contributed by atoms with van der Waals surface area (Å²) in [6.07, 6.45) is -2.45. The molecule has 0 fully saturated rings. The number of unbranched alkanes of at least 4 members (excludes halogenated alkanes) is 1. The number of aliphatic hydroxyl groups excluding tert-OH is 6. The van der Waals surface area contributed by atoms with Gasteiger partial charge in [-0.2, -0.15) is 0 Å². The minimum absolute atomic E-state index is 0.285. The molecule has 26 heavy (non-hydrogen) atoms. The van der Waals surface area contributed by atoms with Crippen LogP contribution in [-0.4, -0.2) is 80.2 Å². The minimum atomic E-state index is -1.67. The van der Waals surface area contributed by atoms with Gasteiger partial charge < -0.3 is 40.1 Å². The largest absolute Gasteiger partial charge is 0.435 e. The Morgan fingerprint density at radius 2 is 1.08 bits per heavy atom. The van der Waals surface area contributed by atoms with Gasteiger partial charge in [0.15, 0.2) is 0 Å². The van der Waals surface area contributed by atoms with Crippen molar-refractivity contribution in [1.82, 2.24) is 0 Å². The maximum Gasteiger partial charge on any atom is 0.310 e. The van der Waals surface area contributed by atoms with Gasteiger partial charge in [-0.25, -0.2) is 0 Å². The molecule has 10 nitrogen and oxygen atoms in total. The van der Waals surface area contributed by atoms with Gasteiger partial charge >= 0.3 is 11.9 Å². The molecule has 0 aliphatic rings. The van der Waals surface area contributed by atoms with Crippen LogP contribution in [0.2, 0.25) is 0 Å². The quantitative estimate of drug-likeness (QED) is 0.130. The predicted molar refractivity (Wildman–Crippen MR) is 89.2 cm³/mol. The molecule has 152 valence electrons. The third kappa shape index (κ3) is 13.5. The molecule has 0 radical (unpaired) electrons. The Morgan fingerprint density at radius 1 is 0.769 bits per heavy atom. The third-order valence-electron chi connectivity index (χ3n) is 2.95. The number of hydrogen-bond donors (Lipinski definition) is 6.